The third kappa shape index (κ3) is 2.40. The Labute approximate surface area is 104 Å². The van der Waals surface area contributed by atoms with Gasteiger partial charge < -0.3 is 5.11 Å². The van der Waals surface area contributed by atoms with Gasteiger partial charge in [0.2, 0.25) is 0 Å². The number of benzene rings is 1. The number of aromatic hydroxyl groups is 1. The largest absolute Gasteiger partial charge is 0.507 e. The Bertz CT molecular complexity index is 514. The van der Waals surface area contributed by atoms with E-state index in [1.54, 1.807) is 23.7 Å². The number of phenols is 1. The summed E-state index contributed by atoms with van der Waals surface area (Å²) >= 11 is 4.49. The van der Waals surface area contributed by atoms with Crippen molar-refractivity contribution in [2.45, 2.75) is 0 Å². The van der Waals surface area contributed by atoms with Crippen molar-refractivity contribution in [2.75, 3.05) is 5.32 Å². The van der Waals surface area contributed by atoms with Crippen LogP contribution in [0.3, 0.4) is 0 Å². The molecule has 2 N–H and O–H groups in total. The van der Waals surface area contributed by atoms with Crippen LogP contribution in [0.1, 0.15) is 10.4 Å². The van der Waals surface area contributed by atoms with Crippen molar-refractivity contribution >= 4 is 38.3 Å². The monoisotopic (exact) mass is 298 g/mol. The predicted octanol–water partition coefficient (Wildman–Crippen LogP) is 2.86. The van der Waals surface area contributed by atoms with Crippen molar-refractivity contribution in [3.8, 4) is 5.75 Å². The third-order valence-corrected chi connectivity index (χ3v) is 3.22. The summed E-state index contributed by atoms with van der Waals surface area (Å²) in [5, 5.41) is 14.4. The average Bonchev–Trinajstić information content (AvgIpc) is 2.74. The van der Waals surface area contributed by atoms with Crippen molar-refractivity contribution in [1.82, 2.24) is 4.98 Å². The van der Waals surface area contributed by atoms with E-state index in [4.69, 9.17) is 0 Å². The molecule has 16 heavy (non-hydrogen) atoms. The van der Waals surface area contributed by atoms with Crippen molar-refractivity contribution < 1.29 is 9.90 Å². The van der Waals surface area contributed by atoms with E-state index in [9.17, 15) is 9.90 Å². The van der Waals surface area contributed by atoms with Crippen molar-refractivity contribution in [3.63, 3.8) is 0 Å². The summed E-state index contributed by atoms with van der Waals surface area (Å²) < 4.78 is 0.554. The number of rotatable bonds is 2. The minimum atomic E-state index is -0.294. The number of hydrogen-bond donors (Lipinski definition) is 2. The van der Waals surface area contributed by atoms with Gasteiger partial charge in [0.05, 0.1) is 4.47 Å². The first kappa shape index (κ1) is 11.1. The highest BCUT2D eigenvalue weighted by Gasteiger charge is 2.09. The summed E-state index contributed by atoms with van der Waals surface area (Å²) in [6.07, 6.45) is 1.61. The van der Waals surface area contributed by atoms with E-state index in [1.165, 1.54) is 17.4 Å². The maximum absolute atomic E-state index is 11.7. The first-order valence-corrected chi connectivity index (χ1v) is 6.03. The fourth-order valence-corrected chi connectivity index (χ4v) is 1.88. The average molecular weight is 299 g/mol. The molecule has 1 heterocycles. The number of anilines is 1. The van der Waals surface area contributed by atoms with Gasteiger partial charge in [-0.15, -0.1) is 11.3 Å². The molecule has 0 aliphatic heterocycles. The summed E-state index contributed by atoms with van der Waals surface area (Å²) in [5.74, 6) is -0.260. The molecule has 0 atom stereocenters. The second kappa shape index (κ2) is 4.63. The van der Waals surface area contributed by atoms with Crippen LogP contribution in [0.2, 0.25) is 0 Å². The molecule has 6 heteroatoms. The van der Waals surface area contributed by atoms with Crippen LogP contribution in [0.4, 0.5) is 5.13 Å². The molecule has 0 spiro atoms. The van der Waals surface area contributed by atoms with Gasteiger partial charge in [0.15, 0.2) is 5.13 Å². The topological polar surface area (TPSA) is 62.2 Å². The van der Waals surface area contributed by atoms with E-state index in [0.717, 1.165) is 0 Å². The number of amides is 1. The number of hydrogen-bond acceptors (Lipinski definition) is 4. The molecule has 0 fully saturated rings. The minimum absolute atomic E-state index is 0.0341. The molecular formula is C10H7BrN2O2S. The van der Waals surface area contributed by atoms with E-state index in [2.05, 4.69) is 26.2 Å². The highest BCUT2D eigenvalue weighted by molar-refractivity contribution is 9.10. The minimum Gasteiger partial charge on any atom is -0.507 e. The lowest BCUT2D eigenvalue weighted by atomic mass is 10.2. The lowest BCUT2D eigenvalue weighted by Crippen LogP contribution is -2.11. The quantitative estimate of drug-likeness (QED) is 0.896. The van der Waals surface area contributed by atoms with Crippen LogP contribution in [0.25, 0.3) is 0 Å². The lowest BCUT2D eigenvalue weighted by molar-refractivity contribution is 0.102. The number of thiazole rings is 1. The number of halogens is 1. The number of carbonyl (C=O) groups excluding carboxylic acids is 1. The van der Waals surface area contributed by atoms with Crippen molar-refractivity contribution in [3.05, 3.63) is 39.8 Å². The van der Waals surface area contributed by atoms with Crippen LogP contribution in [0.5, 0.6) is 5.75 Å². The Hall–Kier alpha value is -1.40. The molecule has 4 nitrogen and oxygen atoms in total. The Kier molecular flexibility index (Phi) is 3.21. The molecule has 2 aromatic rings. The van der Waals surface area contributed by atoms with E-state index in [-0.39, 0.29) is 11.7 Å². The van der Waals surface area contributed by atoms with Crippen LogP contribution >= 0.6 is 27.3 Å². The molecule has 82 valence electrons. The van der Waals surface area contributed by atoms with Crippen LogP contribution in [0.15, 0.2) is 34.2 Å². The maximum Gasteiger partial charge on any atom is 0.257 e. The molecular weight excluding hydrogens is 292 g/mol. The lowest BCUT2D eigenvalue weighted by Gasteiger charge is -2.03. The second-order valence-corrected chi connectivity index (χ2v) is 4.71. The molecule has 1 amide bonds. The van der Waals surface area contributed by atoms with Gasteiger partial charge in [-0.25, -0.2) is 4.98 Å². The molecule has 1 aromatic carbocycles. The molecule has 0 aliphatic carbocycles. The SMILES string of the molecule is O=C(Nc1nccs1)c1ccc(Br)c(O)c1. The van der Waals surface area contributed by atoms with Gasteiger partial charge in [-0.1, -0.05) is 0 Å². The van der Waals surface area contributed by atoms with Crippen molar-refractivity contribution in [2.24, 2.45) is 0 Å². The normalized spacial score (nSPS) is 10.1. The maximum atomic E-state index is 11.7. The second-order valence-electron chi connectivity index (χ2n) is 2.96. The van der Waals surface area contributed by atoms with Crippen LogP contribution in [-0.4, -0.2) is 16.0 Å². The zero-order valence-corrected chi connectivity index (χ0v) is 10.4. The smallest absolute Gasteiger partial charge is 0.257 e. The summed E-state index contributed by atoms with van der Waals surface area (Å²) in [6.45, 7) is 0. The summed E-state index contributed by atoms with van der Waals surface area (Å²) in [4.78, 5) is 15.6. The standard InChI is InChI=1S/C10H7BrN2O2S/c11-7-2-1-6(5-8(7)14)9(15)13-10-12-3-4-16-10/h1-5,14H,(H,12,13,15). The Balaban J connectivity index is 2.18. The van der Waals surface area contributed by atoms with Crippen LogP contribution < -0.4 is 5.32 Å². The van der Waals surface area contributed by atoms with E-state index in [1.807, 2.05) is 0 Å². The molecule has 0 unspecified atom stereocenters. The van der Waals surface area contributed by atoms with Gasteiger partial charge in [-0.2, -0.15) is 0 Å². The zero-order chi connectivity index (χ0) is 11.5. The molecule has 0 aliphatic rings. The van der Waals surface area contributed by atoms with E-state index >= 15 is 0 Å². The third-order valence-electron chi connectivity index (χ3n) is 1.86. The number of aromatic nitrogens is 1. The van der Waals surface area contributed by atoms with Gasteiger partial charge >= 0.3 is 0 Å². The number of phenolic OH excluding ortho intramolecular Hbond substituents is 1. The van der Waals surface area contributed by atoms with Crippen molar-refractivity contribution in [1.29, 1.82) is 0 Å². The van der Waals surface area contributed by atoms with Crippen LogP contribution in [-0.2, 0) is 0 Å². The van der Waals surface area contributed by atoms with Gasteiger partial charge in [0, 0.05) is 17.1 Å². The first-order chi connectivity index (χ1) is 7.66. The fourth-order valence-electron chi connectivity index (χ4n) is 1.11. The summed E-state index contributed by atoms with van der Waals surface area (Å²) in [7, 11) is 0. The fraction of sp³-hybridized carbons (Fsp3) is 0. The predicted molar refractivity (Wildman–Crippen MR) is 65.9 cm³/mol. The molecule has 2 rings (SSSR count). The zero-order valence-electron chi connectivity index (χ0n) is 7.98. The Morgan fingerprint density at radius 2 is 2.31 bits per heavy atom. The number of carbonyl (C=O) groups is 1. The summed E-state index contributed by atoms with van der Waals surface area (Å²) in [5.41, 5.74) is 0.385. The highest BCUT2D eigenvalue weighted by atomic mass is 79.9. The van der Waals surface area contributed by atoms with Gasteiger partial charge in [0.1, 0.15) is 5.75 Å². The molecule has 0 saturated heterocycles. The Morgan fingerprint density at radius 1 is 1.50 bits per heavy atom. The van der Waals surface area contributed by atoms with Gasteiger partial charge in [-0.05, 0) is 34.1 Å². The molecule has 0 bridgehead atoms. The molecule has 1 aromatic heterocycles. The van der Waals surface area contributed by atoms with E-state index < -0.39 is 0 Å². The van der Waals surface area contributed by atoms with Gasteiger partial charge in [-0.3, -0.25) is 10.1 Å². The van der Waals surface area contributed by atoms with Gasteiger partial charge in [0.25, 0.3) is 5.91 Å². The molecule has 0 saturated carbocycles. The first-order valence-electron chi connectivity index (χ1n) is 4.36. The summed E-state index contributed by atoms with van der Waals surface area (Å²) in [6, 6.07) is 4.63. The van der Waals surface area contributed by atoms with E-state index in [0.29, 0.717) is 15.2 Å². The highest BCUT2D eigenvalue weighted by Crippen LogP contribution is 2.24. The Morgan fingerprint density at radius 3 is 2.94 bits per heavy atom. The van der Waals surface area contributed by atoms with Crippen LogP contribution in [0, 0.1) is 0 Å². The number of nitrogens with one attached hydrogen (secondary N) is 1. The number of nitrogens with zero attached hydrogens (tertiary/aromatic N) is 1. The molecule has 0 radical (unpaired) electrons.